The number of ether oxygens (including phenoxy) is 4. The molecule has 6 rings (SSSR count). The van der Waals surface area contributed by atoms with E-state index in [0.29, 0.717) is 13.2 Å². The van der Waals surface area contributed by atoms with Crippen LogP contribution < -0.4 is 18.9 Å². The lowest BCUT2D eigenvalue weighted by atomic mass is 9.77. The fourth-order valence-corrected chi connectivity index (χ4v) is 8.30. The van der Waals surface area contributed by atoms with Crippen molar-refractivity contribution in [2.75, 3.05) is 13.2 Å². The maximum atomic E-state index is 13.3. The molecule has 4 aromatic carbocycles. The number of fused-ring (bicyclic) bond motifs is 2. The highest BCUT2D eigenvalue weighted by Crippen LogP contribution is 2.49. The van der Waals surface area contributed by atoms with Crippen LogP contribution >= 0.6 is 0 Å². The van der Waals surface area contributed by atoms with Crippen LogP contribution in [0.5, 0.6) is 23.0 Å². The highest BCUT2D eigenvalue weighted by atomic mass is 16.5. The monoisotopic (exact) mass is 815 g/mol. The Labute approximate surface area is 360 Å². The van der Waals surface area contributed by atoms with Gasteiger partial charge in [0, 0.05) is 22.3 Å². The van der Waals surface area contributed by atoms with Gasteiger partial charge in [-0.1, -0.05) is 170 Å². The first-order chi connectivity index (χ1) is 28.1. The summed E-state index contributed by atoms with van der Waals surface area (Å²) in [6.07, 6.45) is 9.20. The van der Waals surface area contributed by atoms with Crippen molar-refractivity contribution in [1.82, 2.24) is 0 Å². The van der Waals surface area contributed by atoms with E-state index in [-0.39, 0.29) is 33.6 Å². The number of rotatable bonds is 15. The molecule has 0 bridgehead atoms. The van der Waals surface area contributed by atoms with Gasteiger partial charge < -0.3 is 18.9 Å². The minimum absolute atomic E-state index is 0.0457. The van der Waals surface area contributed by atoms with Crippen molar-refractivity contribution in [3.63, 3.8) is 0 Å². The van der Waals surface area contributed by atoms with Crippen molar-refractivity contribution in [3.05, 3.63) is 117 Å². The summed E-state index contributed by atoms with van der Waals surface area (Å²) in [5.74, 6) is 1.83. The highest BCUT2D eigenvalue weighted by molar-refractivity contribution is 5.91. The summed E-state index contributed by atoms with van der Waals surface area (Å²) < 4.78 is 24.1. The smallest absolute Gasteiger partial charge is 0.323 e. The molecule has 6 heteroatoms. The van der Waals surface area contributed by atoms with Crippen LogP contribution in [0.15, 0.2) is 72.8 Å². The van der Waals surface area contributed by atoms with E-state index in [9.17, 15) is 9.59 Å². The van der Waals surface area contributed by atoms with Crippen LogP contribution in [-0.2, 0) is 31.2 Å². The van der Waals surface area contributed by atoms with Crippen LogP contribution in [0.4, 0.5) is 0 Å². The zero-order valence-corrected chi connectivity index (χ0v) is 38.6. The van der Waals surface area contributed by atoms with E-state index in [2.05, 4.69) is 107 Å². The van der Waals surface area contributed by atoms with Crippen LogP contribution in [-0.4, -0.2) is 25.2 Å². The van der Waals surface area contributed by atoms with Crippen molar-refractivity contribution in [1.29, 1.82) is 0 Å². The van der Waals surface area contributed by atoms with Crippen LogP contribution in [0, 0.1) is 0 Å². The molecule has 2 aliphatic rings. The standard InChI is InChI=1S/C54H70O6/c1-51(2,3)37-31-41-45(49(55)59-47(41)43(33-37)53(7,8)9)35-21-25-39(26-22-35)57-29-19-17-15-13-14-16-18-20-30-58-40-27-23-36(24-28-40)46-42-32-38(52(4,5)6)34-44(54(10,11)12)48(42)60-50(46)56/h21-28,31-34,45-46H,13-20,29-30H2,1-12H3. The van der Waals surface area contributed by atoms with Gasteiger partial charge in [-0.3, -0.25) is 9.59 Å². The molecular formula is C54H70O6. The summed E-state index contributed by atoms with van der Waals surface area (Å²) in [4.78, 5) is 26.5. The molecule has 60 heavy (non-hydrogen) atoms. The second kappa shape index (κ2) is 17.8. The molecule has 0 fully saturated rings. The first-order valence-corrected chi connectivity index (χ1v) is 22.4. The lowest BCUT2D eigenvalue weighted by Gasteiger charge is -2.27. The molecule has 0 radical (unpaired) electrons. The lowest BCUT2D eigenvalue weighted by molar-refractivity contribution is -0.134. The first kappa shape index (κ1) is 45.0. The second-order valence-electron chi connectivity index (χ2n) is 21.3. The summed E-state index contributed by atoms with van der Waals surface area (Å²) in [5.41, 5.74) is 8.00. The Balaban J connectivity index is 0.876. The largest absolute Gasteiger partial charge is 0.494 e. The quantitative estimate of drug-likeness (QED) is 0.0676. The van der Waals surface area contributed by atoms with Gasteiger partial charge in [-0.05, 0) is 81.0 Å². The molecule has 0 aromatic heterocycles. The number of benzene rings is 4. The Bertz CT molecular complexity index is 1980. The number of carbonyl (C=O) groups is 2. The SMILES string of the molecule is CC(C)(C)c1cc2c(c(C(C)(C)C)c1)OC(=O)C2c1ccc(OCCCCCCCCCCOc2ccc(C3C(=O)Oc4c3cc(C(C)(C)C)cc4C(C)(C)C)cc2)cc1. The predicted molar refractivity (Wildman–Crippen MR) is 243 cm³/mol. The van der Waals surface area contributed by atoms with Crippen molar-refractivity contribution >= 4 is 11.9 Å². The Hall–Kier alpha value is -4.58. The van der Waals surface area contributed by atoms with E-state index in [1.54, 1.807) is 0 Å². The lowest BCUT2D eigenvalue weighted by Crippen LogP contribution is -2.17. The predicted octanol–water partition coefficient (Wildman–Crippen LogP) is 13.6. The van der Waals surface area contributed by atoms with Crippen LogP contribution in [0.3, 0.4) is 0 Å². The van der Waals surface area contributed by atoms with E-state index in [1.165, 1.54) is 36.8 Å². The molecule has 2 atom stereocenters. The molecule has 4 aromatic rings. The van der Waals surface area contributed by atoms with Crippen LogP contribution in [0.25, 0.3) is 0 Å². The Morgan fingerprint density at radius 2 is 0.750 bits per heavy atom. The fourth-order valence-electron chi connectivity index (χ4n) is 8.30. The maximum absolute atomic E-state index is 13.3. The van der Waals surface area contributed by atoms with Gasteiger partial charge in [-0.25, -0.2) is 0 Å². The fraction of sp³-hybridized carbons (Fsp3) is 0.519. The summed E-state index contributed by atoms with van der Waals surface area (Å²) in [7, 11) is 0. The van der Waals surface area contributed by atoms with Crippen LogP contribution in [0.1, 0.15) is 191 Å². The number of esters is 2. The topological polar surface area (TPSA) is 71.1 Å². The van der Waals surface area contributed by atoms with E-state index >= 15 is 0 Å². The van der Waals surface area contributed by atoms with Crippen molar-refractivity contribution in [2.24, 2.45) is 0 Å². The number of unbranched alkanes of at least 4 members (excludes halogenated alkanes) is 7. The van der Waals surface area contributed by atoms with Crippen molar-refractivity contribution in [2.45, 2.75) is 168 Å². The first-order valence-electron chi connectivity index (χ1n) is 22.4. The van der Waals surface area contributed by atoms with E-state index in [0.717, 1.165) is 82.1 Å². The Kier molecular flexibility index (Phi) is 13.3. The van der Waals surface area contributed by atoms with Gasteiger partial charge in [0.05, 0.1) is 13.2 Å². The van der Waals surface area contributed by atoms with Gasteiger partial charge in [0.25, 0.3) is 0 Å². The molecule has 2 heterocycles. The van der Waals surface area contributed by atoms with E-state index < -0.39 is 11.8 Å². The van der Waals surface area contributed by atoms with Gasteiger partial charge in [0.1, 0.15) is 34.8 Å². The van der Waals surface area contributed by atoms with E-state index in [1.807, 2.05) is 48.5 Å². The molecular weight excluding hydrogens is 745 g/mol. The third kappa shape index (κ3) is 10.5. The summed E-state index contributed by atoms with van der Waals surface area (Å²) in [6, 6.07) is 24.7. The molecule has 6 nitrogen and oxygen atoms in total. The van der Waals surface area contributed by atoms with Gasteiger partial charge in [-0.15, -0.1) is 0 Å². The Morgan fingerprint density at radius 1 is 0.433 bits per heavy atom. The second-order valence-corrected chi connectivity index (χ2v) is 21.3. The maximum Gasteiger partial charge on any atom is 0.323 e. The van der Waals surface area contributed by atoms with Gasteiger partial charge in [-0.2, -0.15) is 0 Å². The molecule has 0 aliphatic carbocycles. The number of hydrogen-bond acceptors (Lipinski definition) is 6. The number of carbonyl (C=O) groups excluding carboxylic acids is 2. The minimum Gasteiger partial charge on any atom is -0.494 e. The third-order valence-electron chi connectivity index (χ3n) is 12.1. The van der Waals surface area contributed by atoms with Crippen molar-refractivity contribution < 1.29 is 28.5 Å². The van der Waals surface area contributed by atoms with E-state index in [4.69, 9.17) is 18.9 Å². The average molecular weight is 815 g/mol. The molecule has 0 saturated carbocycles. The van der Waals surface area contributed by atoms with Gasteiger partial charge >= 0.3 is 11.9 Å². The molecule has 322 valence electrons. The van der Waals surface area contributed by atoms with Gasteiger partial charge in [0.15, 0.2) is 0 Å². The Morgan fingerprint density at radius 3 is 1.05 bits per heavy atom. The highest BCUT2D eigenvalue weighted by Gasteiger charge is 2.41. The zero-order valence-electron chi connectivity index (χ0n) is 38.6. The molecule has 2 aliphatic heterocycles. The summed E-state index contributed by atoms with van der Waals surface area (Å²) >= 11 is 0. The van der Waals surface area contributed by atoms with Crippen molar-refractivity contribution in [3.8, 4) is 23.0 Å². The molecule has 0 N–H and O–H groups in total. The third-order valence-corrected chi connectivity index (χ3v) is 12.1. The van der Waals surface area contributed by atoms with Crippen LogP contribution in [0.2, 0.25) is 0 Å². The van der Waals surface area contributed by atoms with Gasteiger partial charge in [0.2, 0.25) is 0 Å². The molecule has 2 unspecified atom stereocenters. The summed E-state index contributed by atoms with van der Waals surface area (Å²) in [5, 5.41) is 0. The number of hydrogen-bond donors (Lipinski definition) is 0. The minimum atomic E-state index is -0.432. The molecule has 0 amide bonds. The summed E-state index contributed by atoms with van der Waals surface area (Å²) in [6.45, 7) is 27.7. The average Bonchev–Trinajstić information content (AvgIpc) is 3.68. The normalized spacial score (nSPS) is 16.7. The molecule has 0 saturated heterocycles. The molecule has 0 spiro atoms. The zero-order chi connectivity index (χ0) is 43.6.